The molecular formula is C19H24N2O4. The lowest BCUT2D eigenvalue weighted by atomic mass is 10.2. The van der Waals surface area contributed by atoms with Gasteiger partial charge in [0.15, 0.2) is 17.6 Å². The number of carbonyl (C=O) groups excluding carboxylic acids is 1. The summed E-state index contributed by atoms with van der Waals surface area (Å²) in [6.07, 6.45) is 2.12. The number of fused-ring (bicyclic) bond motifs is 1. The number of hydrogen-bond donors (Lipinski definition) is 1. The lowest BCUT2D eigenvalue weighted by molar-refractivity contribution is 0.0672. The van der Waals surface area contributed by atoms with Gasteiger partial charge in [-0.3, -0.25) is 0 Å². The predicted octanol–water partition coefficient (Wildman–Crippen LogP) is 3.08. The topological polar surface area (TPSA) is 63.9 Å². The first-order chi connectivity index (χ1) is 12.2. The Morgan fingerprint density at radius 2 is 2.08 bits per heavy atom. The molecule has 2 aromatic rings. The SMILES string of the molecule is CCN(C[C@@H]1COc2ccccc2O1)C(=O)N[C@@H](C)Cc1ccco1. The highest BCUT2D eigenvalue weighted by molar-refractivity contribution is 5.74. The molecule has 0 bridgehead atoms. The molecule has 1 aliphatic heterocycles. The standard InChI is InChI=1S/C19H24N2O4/c1-3-21(19(22)20-14(2)11-15-7-6-10-23-15)12-16-13-24-17-8-4-5-9-18(17)25-16/h4-10,14,16H,3,11-13H2,1-2H3,(H,20,22)/t14-,16+/m0/s1. The summed E-state index contributed by atoms with van der Waals surface area (Å²) in [4.78, 5) is 14.3. The maximum atomic E-state index is 12.5. The molecule has 1 aromatic heterocycles. The Morgan fingerprint density at radius 3 is 2.80 bits per heavy atom. The minimum atomic E-state index is -0.180. The summed E-state index contributed by atoms with van der Waals surface area (Å²) in [5.74, 6) is 2.33. The Bertz CT molecular complexity index is 686. The molecule has 25 heavy (non-hydrogen) atoms. The number of rotatable bonds is 6. The molecule has 0 saturated carbocycles. The first kappa shape index (κ1) is 17.2. The van der Waals surface area contributed by atoms with Crippen LogP contribution in [-0.4, -0.2) is 42.8 Å². The van der Waals surface area contributed by atoms with E-state index in [0.717, 1.165) is 17.3 Å². The zero-order chi connectivity index (χ0) is 17.6. The zero-order valence-corrected chi connectivity index (χ0v) is 14.6. The molecule has 2 atom stereocenters. The summed E-state index contributed by atoms with van der Waals surface area (Å²) < 4.78 is 17.0. The first-order valence-corrected chi connectivity index (χ1v) is 8.62. The van der Waals surface area contributed by atoms with Crippen molar-refractivity contribution in [2.75, 3.05) is 19.7 Å². The van der Waals surface area contributed by atoms with Crippen molar-refractivity contribution in [1.82, 2.24) is 10.2 Å². The largest absolute Gasteiger partial charge is 0.486 e. The van der Waals surface area contributed by atoms with E-state index in [-0.39, 0.29) is 18.2 Å². The van der Waals surface area contributed by atoms with Gasteiger partial charge in [0, 0.05) is 19.0 Å². The van der Waals surface area contributed by atoms with E-state index in [1.165, 1.54) is 0 Å². The molecule has 134 valence electrons. The Hall–Kier alpha value is -2.63. The zero-order valence-electron chi connectivity index (χ0n) is 14.6. The molecule has 3 rings (SSSR count). The lowest BCUT2D eigenvalue weighted by Gasteiger charge is -2.31. The highest BCUT2D eigenvalue weighted by atomic mass is 16.6. The van der Waals surface area contributed by atoms with E-state index in [0.29, 0.717) is 26.1 Å². The fourth-order valence-electron chi connectivity index (χ4n) is 2.84. The molecule has 0 radical (unpaired) electrons. The van der Waals surface area contributed by atoms with Crippen molar-refractivity contribution < 1.29 is 18.7 Å². The van der Waals surface area contributed by atoms with Crippen molar-refractivity contribution in [3.05, 3.63) is 48.4 Å². The molecule has 2 heterocycles. The molecule has 0 aliphatic carbocycles. The number of likely N-dealkylation sites (N-methyl/N-ethyl adjacent to an activating group) is 1. The van der Waals surface area contributed by atoms with Gasteiger partial charge in [-0.15, -0.1) is 0 Å². The number of benzene rings is 1. The van der Waals surface area contributed by atoms with Crippen LogP contribution in [0.15, 0.2) is 47.1 Å². The molecule has 2 amide bonds. The third-order valence-corrected chi connectivity index (χ3v) is 4.12. The van der Waals surface area contributed by atoms with Gasteiger partial charge < -0.3 is 24.1 Å². The van der Waals surface area contributed by atoms with Gasteiger partial charge in [-0.2, -0.15) is 0 Å². The molecule has 0 spiro atoms. The maximum absolute atomic E-state index is 12.5. The number of ether oxygens (including phenoxy) is 2. The van der Waals surface area contributed by atoms with Crippen LogP contribution in [-0.2, 0) is 6.42 Å². The predicted molar refractivity (Wildman–Crippen MR) is 94.0 cm³/mol. The summed E-state index contributed by atoms with van der Waals surface area (Å²) in [7, 11) is 0. The third kappa shape index (κ3) is 4.47. The summed E-state index contributed by atoms with van der Waals surface area (Å²) in [5.41, 5.74) is 0. The van der Waals surface area contributed by atoms with E-state index < -0.39 is 0 Å². The molecule has 6 heteroatoms. The van der Waals surface area contributed by atoms with Crippen LogP contribution in [0.25, 0.3) is 0 Å². The molecule has 0 saturated heterocycles. The van der Waals surface area contributed by atoms with Crippen LogP contribution < -0.4 is 14.8 Å². The summed E-state index contributed by atoms with van der Waals surface area (Å²) >= 11 is 0. The van der Waals surface area contributed by atoms with Gasteiger partial charge in [-0.25, -0.2) is 4.79 Å². The fourth-order valence-corrected chi connectivity index (χ4v) is 2.84. The van der Waals surface area contributed by atoms with Gasteiger partial charge in [0.05, 0.1) is 12.8 Å². The van der Waals surface area contributed by atoms with E-state index in [2.05, 4.69) is 5.32 Å². The van der Waals surface area contributed by atoms with Crippen LogP contribution in [0.2, 0.25) is 0 Å². The number of amides is 2. The quantitative estimate of drug-likeness (QED) is 0.875. The molecule has 6 nitrogen and oxygen atoms in total. The summed E-state index contributed by atoms with van der Waals surface area (Å²) in [6, 6.07) is 11.2. The second kappa shape index (κ2) is 7.96. The van der Waals surface area contributed by atoms with Crippen molar-refractivity contribution in [2.24, 2.45) is 0 Å². The van der Waals surface area contributed by atoms with Gasteiger partial charge in [0.25, 0.3) is 0 Å². The summed E-state index contributed by atoms with van der Waals surface area (Å²) in [6.45, 7) is 5.42. The molecule has 0 fully saturated rings. The van der Waals surface area contributed by atoms with Crippen molar-refractivity contribution >= 4 is 6.03 Å². The van der Waals surface area contributed by atoms with E-state index in [1.807, 2.05) is 50.2 Å². The Morgan fingerprint density at radius 1 is 1.28 bits per heavy atom. The Kier molecular flexibility index (Phi) is 5.48. The third-order valence-electron chi connectivity index (χ3n) is 4.12. The minimum absolute atomic E-state index is 0.0167. The highest BCUT2D eigenvalue weighted by Crippen LogP contribution is 2.31. The van der Waals surface area contributed by atoms with Crippen LogP contribution >= 0.6 is 0 Å². The average molecular weight is 344 g/mol. The monoisotopic (exact) mass is 344 g/mol. The number of nitrogens with zero attached hydrogens (tertiary/aromatic N) is 1. The number of nitrogens with one attached hydrogen (secondary N) is 1. The smallest absolute Gasteiger partial charge is 0.317 e. The minimum Gasteiger partial charge on any atom is -0.486 e. The van der Waals surface area contributed by atoms with E-state index >= 15 is 0 Å². The number of hydrogen-bond acceptors (Lipinski definition) is 4. The molecular weight excluding hydrogens is 320 g/mol. The summed E-state index contributed by atoms with van der Waals surface area (Å²) in [5, 5.41) is 3.01. The van der Waals surface area contributed by atoms with Gasteiger partial charge in [-0.05, 0) is 38.1 Å². The van der Waals surface area contributed by atoms with Crippen LogP contribution in [0.4, 0.5) is 4.79 Å². The molecule has 0 unspecified atom stereocenters. The lowest BCUT2D eigenvalue weighted by Crippen LogP contribution is -2.49. The second-order valence-corrected chi connectivity index (χ2v) is 6.17. The number of urea groups is 1. The van der Waals surface area contributed by atoms with Crippen LogP contribution in [0, 0.1) is 0 Å². The van der Waals surface area contributed by atoms with Crippen molar-refractivity contribution in [2.45, 2.75) is 32.4 Å². The average Bonchev–Trinajstić information content (AvgIpc) is 3.12. The number of carbonyl (C=O) groups is 1. The van der Waals surface area contributed by atoms with Crippen LogP contribution in [0.1, 0.15) is 19.6 Å². The molecule has 1 aliphatic rings. The fraction of sp³-hybridized carbons (Fsp3) is 0.421. The van der Waals surface area contributed by atoms with Gasteiger partial charge in [0.1, 0.15) is 12.4 Å². The van der Waals surface area contributed by atoms with E-state index in [4.69, 9.17) is 13.9 Å². The molecule has 1 N–H and O–H groups in total. The van der Waals surface area contributed by atoms with E-state index in [9.17, 15) is 4.79 Å². The number of furan rings is 1. The van der Waals surface area contributed by atoms with Crippen LogP contribution in [0.5, 0.6) is 11.5 Å². The van der Waals surface area contributed by atoms with Gasteiger partial charge >= 0.3 is 6.03 Å². The van der Waals surface area contributed by atoms with Gasteiger partial charge in [-0.1, -0.05) is 12.1 Å². The molecule has 1 aromatic carbocycles. The van der Waals surface area contributed by atoms with Crippen molar-refractivity contribution in [3.8, 4) is 11.5 Å². The highest BCUT2D eigenvalue weighted by Gasteiger charge is 2.25. The van der Waals surface area contributed by atoms with Crippen LogP contribution in [0.3, 0.4) is 0 Å². The van der Waals surface area contributed by atoms with Crippen molar-refractivity contribution in [3.63, 3.8) is 0 Å². The normalized spacial score (nSPS) is 17.0. The Labute approximate surface area is 147 Å². The Balaban J connectivity index is 1.52. The van der Waals surface area contributed by atoms with Crippen molar-refractivity contribution in [1.29, 1.82) is 0 Å². The second-order valence-electron chi connectivity index (χ2n) is 6.17. The number of para-hydroxylation sites is 2. The van der Waals surface area contributed by atoms with E-state index in [1.54, 1.807) is 11.2 Å². The van der Waals surface area contributed by atoms with Gasteiger partial charge in [0.2, 0.25) is 0 Å². The maximum Gasteiger partial charge on any atom is 0.317 e. The first-order valence-electron chi connectivity index (χ1n) is 8.62.